The Kier molecular flexibility index (Phi) is 5.26. The van der Waals surface area contributed by atoms with Crippen LogP contribution in [0.3, 0.4) is 0 Å². The molecule has 1 aromatic carbocycles. The van der Waals surface area contributed by atoms with E-state index in [1.165, 1.54) is 0 Å². The quantitative estimate of drug-likeness (QED) is 0.437. The number of aryl methyl sites for hydroxylation is 1. The Balaban J connectivity index is 2.34. The predicted molar refractivity (Wildman–Crippen MR) is 64.4 cm³/mol. The lowest BCUT2D eigenvalue weighted by molar-refractivity contribution is -0.131. The van der Waals surface area contributed by atoms with Crippen LogP contribution in [0.15, 0.2) is 24.3 Å². The summed E-state index contributed by atoms with van der Waals surface area (Å²) in [6, 6.07) is 7.50. The molecule has 3 heteroatoms. The number of carbonyl (C=O) groups excluding carboxylic acids is 1. The highest BCUT2D eigenvalue weighted by atomic mass is 32.2. The molecule has 0 radical (unpaired) electrons. The lowest BCUT2D eigenvalue weighted by atomic mass is 10.2. The summed E-state index contributed by atoms with van der Waals surface area (Å²) < 4.78 is 5.16. The Morgan fingerprint density at radius 2 is 2.00 bits per heavy atom. The number of benzene rings is 1. The zero-order valence-corrected chi connectivity index (χ0v) is 9.97. The smallest absolute Gasteiger partial charge is 0.321 e. The Bertz CT molecular complexity index is 306. The van der Waals surface area contributed by atoms with Crippen LogP contribution < -0.4 is 4.74 Å². The fourth-order valence-electron chi connectivity index (χ4n) is 1.07. The Morgan fingerprint density at radius 3 is 2.60 bits per heavy atom. The highest BCUT2D eigenvalue weighted by Gasteiger charge is 2.03. The van der Waals surface area contributed by atoms with Gasteiger partial charge in [-0.3, -0.25) is 4.79 Å². The first-order valence-corrected chi connectivity index (χ1v) is 6.23. The largest absolute Gasteiger partial charge is 0.426 e. The number of thioether (sulfide) groups is 1. The molecule has 2 nitrogen and oxygen atoms in total. The maximum absolute atomic E-state index is 11.3. The van der Waals surface area contributed by atoms with Gasteiger partial charge in [0.25, 0.3) is 0 Å². The van der Waals surface area contributed by atoms with Gasteiger partial charge in [0.15, 0.2) is 0 Å². The third-order valence-corrected chi connectivity index (χ3v) is 2.96. The van der Waals surface area contributed by atoms with E-state index in [1.54, 1.807) is 11.8 Å². The van der Waals surface area contributed by atoms with Gasteiger partial charge in [-0.05, 0) is 31.2 Å². The van der Waals surface area contributed by atoms with Gasteiger partial charge in [0.2, 0.25) is 0 Å². The molecule has 0 saturated carbocycles. The molecule has 0 N–H and O–H groups in total. The van der Waals surface area contributed by atoms with E-state index in [4.69, 9.17) is 4.74 Å². The fraction of sp³-hybridized carbons (Fsp3) is 0.417. The van der Waals surface area contributed by atoms with E-state index in [0.29, 0.717) is 11.5 Å². The number of carbonyl (C=O) groups is 1. The summed E-state index contributed by atoms with van der Waals surface area (Å²) in [5.74, 6) is 1.89. The molecule has 0 aliphatic rings. The van der Waals surface area contributed by atoms with Crippen molar-refractivity contribution in [1.29, 1.82) is 0 Å². The molecule has 0 saturated heterocycles. The molecule has 0 spiro atoms. The minimum absolute atomic E-state index is 0.169. The van der Waals surface area contributed by atoms with Gasteiger partial charge in [-0.1, -0.05) is 24.6 Å². The zero-order valence-electron chi connectivity index (χ0n) is 9.16. The number of hydrogen-bond acceptors (Lipinski definition) is 3. The summed E-state index contributed by atoms with van der Waals surface area (Å²) in [5.41, 5.74) is 1.16. The lowest BCUT2D eigenvalue weighted by Crippen LogP contribution is -2.10. The molecule has 0 aliphatic heterocycles. The molecule has 0 aromatic heterocycles. The molecule has 1 rings (SSSR count). The van der Waals surface area contributed by atoms with Crippen molar-refractivity contribution in [1.82, 2.24) is 0 Å². The van der Waals surface area contributed by atoms with Gasteiger partial charge in [0.05, 0.1) is 5.75 Å². The first kappa shape index (κ1) is 12.1. The Morgan fingerprint density at radius 1 is 1.33 bits per heavy atom. The average molecular weight is 224 g/mol. The van der Waals surface area contributed by atoms with E-state index in [1.807, 2.05) is 31.2 Å². The number of rotatable bonds is 5. The third kappa shape index (κ3) is 4.88. The van der Waals surface area contributed by atoms with Crippen molar-refractivity contribution >= 4 is 17.7 Å². The first-order valence-electron chi connectivity index (χ1n) is 5.07. The second kappa shape index (κ2) is 6.51. The highest BCUT2D eigenvalue weighted by Crippen LogP contribution is 2.12. The Labute approximate surface area is 95.0 Å². The molecule has 0 aliphatic carbocycles. The molecule has 1 aromatic rings. The van der Waals surface area contributed by atoms with E-state index >= 15 is 0 Å². The monoisotopic (exact) mass is 224 g/mol. The summed E-state index contributed by atoms with van der Waals surface area (Å²) >= 11 is 1.61. The summed E-state index contributed by atoms with van der Waals surface area (Å²) in [7, 11) is 0. The number of esters is 1. The molecule has 15 heavy (non-hydrogen) atoms. The van der Waals surface area contributed by atoms with Crippen LogP contribution in [-0.4, -0.2) is 17.5 Å². The van der Waals surface area contributed by atoms with E-state index in [0.717, 1.165) is 17.7 Å². The standard InChI is InChI=1S/C12H16O2S/c1-3-8-15-9-12(13)14-11-6-4-10(2)5-7-11/h4-7H,3,8-9H2,1-2H3. The van der Waals surface area contributed by atoms with Gasteiger partial charge in [-0.2, -0.15) is 11.8 Å². The van der Waals surface area contributed by atoms with E-state index in [9.17, 15) is 4.79 Å². The normalized spacial score (nSPS) is 10.0. The van der Waals surface area contributed by atoms with E-state index in [2.05, 4.69) is 6.92 Å². The molecular formula is C12H16O2S. The highest BCUT2D eigenvalue weighted by molar-refractivity contribution is 7.99. The molecule has 0 fully saturated rings. The Hall–Kier alpha value is -0.960. The van der Waals surface area contributed by atoms with Gasteiger partial charge < -0.3 is 4.74 Å². The van der Waals surface area contributed by atoms with Gasteiger partial charge in [0, 0.05) is 0 Å². The average Bonchev–Trinajstić information content (AvgIpc) is 2.22. The van der Waals surface area contributed by atoms with Crippen LogP contribution in [0.5, 0.6) is 5.75 Å². The van der Waals surface area contributed by atoms with Crippen molar-refractivity contribution < 1.29 is 9.53 Å². The van der Waals surface area contributed by atoms with Crippen molar-refractivity contribution in [3.63, 3.8) is 0 Å². The van der Waals surface area contributed by atoms with Crippen molar-refractivity contribution in [3.8, 4) is 5.75 Å². The molecule has 0 unspecified atom stereocenters. The number of hydrogen-bond donors (Lipinski definition) is 0. The third-order valence-electron chi connectivity index (χ3n) is 1.82. The maximum atomic E-state index is 11.3. The van der Waals surface area contributed by atoms with Crippen LogP contribution in [0.4, 0.5) is 0 Å². The van der Waals surface area contributed by atoms with E-state index in [-0.39, 0.29) is 5.97 Å². The predicted octanol–water partition coefficient (Wildman–Crippen LogP) is 3.04. The minimum atomic E-state index is -0.169. The minimum Gasteiger partial charge on any atom is -0.426 e. The van der Waals surface area contributed by atoms with Crippen LogP contribution in [0, 0.1) is 6.92 Å². The zero-order chi connectivity index (χ0) is 11.1. The van der Waals surface area contributed by atoms with Crippen molar-refractivity contribution in [2.24, 2.45) is 0 Å². The van der Waals surface area contributed by atoms with Gasteiger partial charge in [-0.25, -0.2) is 0 Å². The van der Waals surface area contributed by atoms with Crippen molar-refractivity contribution in [2.45, 2.75) is 20.3 Å². The fourth-order valence-corrected chi connectivity index (χ4v) is 1.73. The van der Waals surface area contributed by atoms with Gasteiger partial charge >= 0.3 is 5.97 Å². The summed E-state index contributed by atoms with van der Waals surface area (Å²) in [5, 5.41) is 0. The lowest BCUT2D eigenvalue weighted by Gasteiger charge is -2.03. The van der Waals surface area contributed by atoms with Crippen LogP contribution in [0.1, 0.15) is 18.9 Å². The topological polar surface area (TPSA) is 26.3 Å². The van der Waals surface area contributed by atoms with Gasteiger partial charge in [-0.15, -0.1) is 0 Å². The molecular weight excluding hydrogens is 208 g/mol. The molecule has 0 amide bonds. The molecule has 0 heterocycles. The molecule has 0 bridgehead atoms. The number of ether oxygens (including phenoxy) is 1. The summed E-state index contributed by atoms with van der Waals surface area (Å²) in [6.45, 7) is 4.10. The second-order valence-corrected chi connectivity index (χ2v) is 4.44. The van der Waals surface area contributed by atoms with E-state index < -0.39 is 0 Å². The van der Waals surface area contributed by atoms with Crippen LogP contribution in [-0.2, 0) is 4.79 Å². The second-order valence-electron chi connectivity index (χ2n) is 3.34. The first-order chi connectivity index (χ1) is 7.22. The van der Waals surface area contributed by atoms with Crippen molar-refractivity contribution in [2.75, 3.05) is 11.5 Å². The summed E-state index contributed by atoms with van der Waals surface area (Å²) in [4.78, 5) is 11.3. The molecule has 0 atom stereocenters. The molecule has 82 valence electrons. The van der Waals surface area contributed by atoms with Crippen molar-refractivity contribution in [3.05, 3.63) is 29.8 Å². The SMILES string of the molecule is CCCSCC(=O)Oc1ccc(C)cc1. The van der Waals surface area contributed by atoms with Crippen LogP contribution in [0.2, 0.25) is 0 Å². The maximum Gasteiger partial charge on any atom is 0.321 e. The summed E-state index contributed by atoms with van der Waals surface area (Å²) in [6.07, 6.45) is 1.09. The van der Waals surface area contributed by atoms with Crippen LogP contribution in [0.25, 0.3) is 0 Å². The van der Waals surface area contributed by atoms with Gasteiger partial charge in [0.1, 0.15) is 5.75 Å². The van der Waals surface area contributed by atoms with Crippen LogP contribution >= 0.6 is 11.8 Å².